The zero-order chi connectivity index (χ0) is 13.9. The van der Waals surface area contributed by atoms with Gasteiger partial charge in [-0.1, -0.05) is 28.1 Å². The predicted molar refractivity (Wildman–Crippen MR) is 75.3 cm³/mol. The number of hydrogen-bond acceptors (Lipinski definition) is 3. The van der Waals surface area contributed by atoms with Gasteiger partial charge >= 0.3 is 0 Å². The van der Waals surface area contributed by atoms with Gasteiger partial charge in [-0.2, -0.15) is 0 Å². The van der Waals surface area contributed by atoms with Crippen molar-refractivity contribution in [1.82, 2.24) is 5.01 Å². The highest BCUT2D eigenvalue weighted by atomic mass is 79.9. The normalized spacial score (nSPS) is 12.9. The highest BCUT2D eigenvalue weighted by Gasteiger charge is 2.31. The summed E-state index contributed by atoms with van der Waals surface area (Å²) in [6, 6.07) is 6.53. The van der Waals surface area contributed by atoms with E-state index in [0.29, 0.717) is 5.56 Å². The third-order valence-electron chi connectivity index (χ3n) is 2.63. The Morgan fingerprint density at radius 3 is 2.44 bits per heavy atom. The van der Waals surface area contributed by atoms with Crippen LogP contribution in [0.25, 0.3) is 0 Å². The molecule has 0 amide bonds. The van der Waals surface area contributed by atoms with E-state index in [-0.39, 0.29) is 5.78 Å². The van der Waals surface area contributed by atoms with E-state index in [4.69, 9.17) is 0 Å². The van der Waals surface area contributed by atoms with Gasteiger partial charge in [-0.3, -0.25) is 4.79 Å². The SMILES string of the molecule is CC(C(=O)c1cccc(Br)c1)N(N=O)C(C)(C)C. The van der Waals surface area contributed by atoms with E-state index in [1.165, 1.54) is 5.01 Å². The molecule has 0 saturated heterocycles. The molecule has 0 bridgehead atoms. The van der Waals surface area contributed by atoms with Gasteiger partial charge in [0.1, 0.15) is 6.04 Å². The first-order chi connectivity index (χ1) is 8.27. The molecule has 1 aromatic rings. The molecular weight excluding hydrogens is 296 g/mol. The van der Waals surface area contributed by atoms with Gasteiger partial charge in [-0.15, -0.1) is 4.91 Å². The van der Waals surface area contributed by atoms with Gasteiger partial charge in [-0.25, -0.2) is 5.01 Å². The number of carbonyl (C=O) groups is 1. The van der Waals surface area contributed by atoms with E-state index in [1.807, 2.05) is 26.8 Å². The average Bonchev–Trinajstić information content (AvgIpc) is 2.26. The number of ketones is 1. The molecule has 0 heterocycles. The Labute approximate surface area is 115 Å². The minimum Gasteiger partial charge on any atom is -0.292 e. The van der Waals surface area contributed by atoms with Crippen molar-refractivity contribution in [3.63, 3.8) is 0 Å². The van der Waals surface area contributed by atoms with Crippen LogP contribution in [0.15, 0.2) is 34.0 Å². The summed E-state index contributed by atoms with van der Waals surface area (Å²) < 4.78 is 0.835. The lowest BCUT2D eigenvalue weighted by Gasteiger charge is -2.34. The second-order valence-electron chi connectivity index (χ2n) is 5.15. The zero-order valence-electron chi connectivity index (χ0n) is 11.0. The second-order valence-corrected chi connectivity index (χ2v) is 6.06. The summed E-state index contributed by atoms with van der Waals surface area (Å²) in [6.45, 7) is 7.23. The lowest BCUT2D eigenvalue weighted by molar-refractivity contribution is 0.0623. The van der Waals surface area contributed by atoms with Gasteiger partial charge in [-0.05, 0) is 39.8 Å². The lowest BCUT2D eigenvalue weighted by atomic mass is 10.0. The number of rotatable bonds is 4. The van der Waals surface area contributed by atoms with E-state index in [1.54, 1.807) is 25.1 Å². The third-order valence-corrected chi connectivity index (χ3v) is 3.12. The molecule has 0 aliphatic carbocycles. The standard InChI is InChI=1S/C13H17BrN2O2/c1-9(16(15-18)13(2,3)4)12(17)10-6-5-7-11(14)8-10/h5-9H,1-4H3. The van der Waals surface area contributed by atoms with E-state index >= 15 is 0 Å². The van der Waals surface area contributed by atoms with Crippen molar-refractivity contribution < 1.29 is 4.79 Å². The van der Waals surface area contributed by atoms with E-state index < -0.39 is 11.6 Å². The monoisotopic (exact) mass is 312 g/mol. The minimum atomic E-state index is -0.586. The largest absolute Gasteiger partial charge is 0.292 e. The summed E-state index contributed by atoms with van der Waals surface area (Å²) >= 11 is 3.32. The molecule has 18 heavy (non-hydrogen) atoms. The van der Waals surface area contributed by atoms with Gasteiger partial charge < -0.3 is 0 Å². The summed E-state index contributed by atoms with van der Waals surface area (Å²) in [4.78, 5) is 23.2. The van der Waals surface area contributed by atoms with Gasteiger partial charge in [0, 0.05) is 10.0 Å². The van der Waals surface area contributed by atoms with Crippen molar-refractivity contribution in [2.75, 3.05) is 0 Å². The van der Waals surface area contributed by atoms with Gasteiger partial charge in [0.15, 0.2) is 5.78 Å². The quantitative estimate of drug-likeness (QED) is 0.482. The Hall–Kier alpha value is -1.23. The lowest BCUT2D eigenvalue weighted by Crippen LogP contribution is -2.46. The first kappa shape index (κ1) is 14.8. The fourth-order valence-electron chi connectivity index (χ4n) is 1.77. The summed E-state index contributed by atoms with van der Waals surface area (Å²) in [5, 5.41) is 4.27. The Balaban J connectivity index is 3.00. The van der Waals surface area contributed by atoms with Crippen molar-refractivity contribution in [1.29, 1.82) is 0 Å². The van der Waals surface area contributed by atoms with Crippen molar-refractivity contribution >= 4 is 21.7 Å². The number of carbonyl (C=O) groups excluding carboxylic acids is 1. The van der Waals surface area contributed by atoms with Crippen molar-refractivity contribution in [3.05, 3.63) is 39.2 Å². The maximum atomic E-state index is 12.3. The number of benzene rings is 1. The first-order valence-corrected chi connectivity index (χ1v) is 6.49. The number of Topliss-reactive ketones (excluding diaryl/α,β-unsaturated/α-hetero) is 1. The highest BCUT2D eigenvalue weighted by molar-refractivity contribution is 9.10. The van der Waals surface area contributed by atoms with Gasteiger partial charge in [0.25, 0.3) is 0 Å². The van der Waals surface area contributed by atoms with E-state index in [2.05, 4.69) is 21.2 Å². The molecule has 0 aliphatic heterocycles. The maximum absolute atomic E-state index is 12.3. The molecule has 0 aromatic heterocycles. The van der Waals surface area contributed by atoms with Crippen LogP contribution in [-0.4, -0.2) is 22.4 Å². The molecule has 1 unspecified atom stereocenters. The van der Waals surface area contributed by atoms with Crippen LogP contribution in [0.4, 0.5) is 0 Å². The molecule has 1 atom stereocenters. The maximum Gasteiger partial charge on any atom is 0.186 e. The molecular formula is C13H17BrN2O2. The fourth-order valence-corrected chi connectivity index (χ4v) is 2.17. The topological polar surface area (TPSA) is 49.7 Å². The Bertz CT molecular complexity index is 455. The predicted octanol–water partition coefficient (Wildman–Crippen LogP) is 3.80. The van der Waals surface area contributed by atoms with Crippen molar-refractivity contribution in [2.24, 2.45) is 5.29 Å². The van der Waals surface area contributed by atoms with Gasteiger partial charge in [0.2, 0.25) is 0 Å². The van der Waals surface area contributed by atoms with E-state index in [9.17, 15) is 9.70 Å². The highest BCUT2D eigenvalue weighted by Crippen LogP contribution is 2.21. The number of nitroso groups, excluding NO2 is 1. The van der Waals surface area contributed by atoms with Crippen LogP contribution < -0.4 is 0 Å². The fraction of sp³-hybridized carbons (Fsp3) is 0.462. The number of nitrogens with zero attached hydrogens (tertiary/aromatic N) is 2. The van der Waals surface area contributed by atoms with Crippen LogP contribution in [0.5, 0.6) is 0 Å². The molecule has 0 N–H and O–H groups in total. The van der Waals surface area contributed by atoms with Crippen LogP contribution in [0.1, 0.15) is 38.1 Å². The summed E-state index contributed by atoms with van der Waals surface area (Å²) in [7, 11) is 0. The van der Waals surface area contributed by atoms with Crippen LogP contribution in [0, 0.1) is 4.91 Å². The van der Waals surface area contributed by atoms with Crippen LogP contribution >= 0.6 is 15.9 Å². The minimum absolute atomic E-state index is 0.120. The molecule has 0 radical (unpaired) electrons. The average molecular weight is 313 g/mol. The first-order valence-electron chi connectivity index (χ1n) is 5.69. The molecule has 0 saturated carbocycles. The van der Waals surface area contributed by atoms with Gasteiger partial charge in [0.05, 0.1) is 10.8 Å². The Morgan fingerprint density at radius 1 is 1.39 bits per heavy atom. The second kappa shape index (κ2) is 5.61. The molecule has 4 nitrogen and oxygen atoms in total. The summed E-state index contributed by atoms with van der Waals surface area (Å²) in [5.41, 5.74) is 0.0813. The van der Waals surface area contributed by atoms with Crippen molar-refractivity contribution in [3.8, 4) is 0 Å². The molecule has 1 aromatic carbocycles. The Kier molecular flexibility index (Phi) is 4.62. The molecule has 0 spiro atoms. The van der Waals surface area contributed by atoms with Crippen LogP contribution in [0.3, 0.4) is 0 Å². The molecule has 0 aliphatic rings. The molecule has 5 heteroatoms. The zero-order valence-corrected chi connectivity index (χ0v) is 12.6. The number of halogens is 1. The number of hydrogen-bond donors (Lipinski definition) is 0. The Morgan fingerprint density at radius 2 is 2.00 bits per heavy atom. The molecule has 0 fully saturated rings. The summed E-state index contributed by atoms with van der Waals surface area (Å²) in [6.07, 6.45) is 0. The third kappa shape index (κ3) is 3.38. The van der Waals surface area contributed by atoms with E-state index in [0.717, 1.165) is 4.47 Å². The van der Waals surface area contributed by atoms with Crippen LogP contribution in [-0.2, 0) is 0 Å². The molecule has 1 rings (SSSR count). The smallest absolute Gasteiger partial charge is 0.186 e. The van der Waals surface area contributed by atoms with Crippen molar-refractivity contribution in [2.45, 2.75) is 39.3 Å². The molecule has 98 valence electrons. The summed E-state index contributed by atoms with van der Waals surface area (Å²) in [5.74, 6) is -0.120. The van der Waals surface area contributed by atoms with Crippen LogP contribution in [0.2, 0.25) is 0 Å².